The summed E-state index contributed by atoms with van der Waals surface area (Å²) in [5.74, 6) is 0. The molecule has 0 aliphatic heterocycles. The first kappa shape index (κ1) is 12.5. The van der Waals surface area contributed by atoms with E-state index in [1.165, 1.54) is 15.7 Å². The van der Waals surface area contributed by atoms with Crippen LogP contribution in [-0.4, -0.2) is 32.1 Å². The molecule has 0 spiro atoms. The van der Waals surface area contributed by atoms with E-state index in [1.807, 2.05) is 0 Å². The van der Waals surface area contributed by atoms with Gasteiger partial charge in [0.1, 0.15) is 0 Å². The van der Waals surface area contributed by atoms with E-state index >= 15 is 0 Å². The fourth-order valence-electron chi connectivity index (χ4n) is 1.40. The van der Waals surface area contributed by atoms with E-state index in [9.17, 15) is 0 Å². The zero-order valence-corrected chi connectivity index (χ0v) is 11.3. The highest BCUT2D eigenvalue weighted by atomic mass is 79.9. The Hall–Kier alpha value is -0.540. The van der Waals surface area contributed by atoms with Crippen molar-refractivity contribution in [1.29, 1.82) is 0 Å². The summed E-state index contributed by atoms with van der Waals surface area (Å²) in [7, 11) is 4.20. The van der Waals surface area contributed by atoms with Crippen molar-refractivity contribution >= 4 is 21.6 Å². The van der Waals surface area contributed by atoms with E-state index in [4.69, 9.17) is 0 Å². The van der Waals surface area contributed by atoms with Gasteiger partial charge in [-0.05, 0) is 61.5 Å². The molecule has 1 rings (SSSR count). The molecular weight excluding hydrogens is 252 g/mol. The summed E-state index contributed by atoms with van der Waals surface area (Å²) in [6, 6.07) is 6.29. The lowest BCUT2D eigenvalue weighted by Crippen LogP contribution is -2.16. The molecule has 0 fully saturated rings. The quantitative estimate of drug-likeness (QED) is 0.828. The van der Waals surface area contributed by atoms with Gasteiger partial charge in [0, 0.05) is 16.7 Å². The van der Waals surface area contributed by atoms with Gasteiger partial charge in [0.25, 0.3) is 0 Å². The summed E-state index contributed by atoms with van der Waals surface area (Å²) < 4.78 is 1.18. The van der Waals surface area contributed by atoms with E-state index in [2.05, 4.69) is 65.4 Å². The van der Waals surface area contributed by atoms with Crippen LogP contribution in [0.4, 0.5) is 5.69 Å². The maximum Gasteiger partial charge on any atom is 0.0487 e. The third-order valence-corrected chi connectivity index (χ3v) is 3.34. The standard InChI is InChI=1S/C12H19BrN2/c1-10-6-4-7-11(12(10)13)14-8-5-9-15(2)3/h4,6-7,14H,5,8-9H2,1-3H3. The summed E-state index contributed by atoms with van der Waals surface area (Å²) in [6.45, 7) is 4.24. The van der Waals surface area contributed by atoms with Crippen LogP contribution in [0.25, 0.3) is 0 Å². The van der Waals surface area contributed by atoms with Crippen LogP contribution in [0.5, 0.6) is 0 Å². The maximum absolute atomic E-state index is 3.59. The molecule has 0 atom stereocenters. The summed E-state index contributed by atoms with van der Waals surface area (Å²) in [5.41, 5.74) is 2.46. The summed E-state index contributed by atoms with van der Waals surface area (Å²) in [5, 5.41) is 3.44. The van der Waals surface area contributed by atoms with Gasteiger partial charge in [0.2, 0.25) is 0 Å². The van der Waals surface area contributed by atoms with Gasteiger partial charge in [-0.25, -0.2) is 0 Å². The molecule has 3 heteroatoms. The monoisotopic (exact) mass is 270 g/mol. The molecular formula is C12H19BrN2. The zero-order chi connectivity index (χ0) is 11.3. The average Bonchev–Trinajstić information content (AvgIpc) is 2.18. The molecule has 0 radical (unpaired) electrons. The third-order valence-electron chi connectivity index (χ3n) is 2.29. The van der Waals surface area contributed by atoms with Crippen LogP contribution >= 0.6 is 15.9 Å². The van der Waals surface area contributed by atoms with Crippen molar-refractivity contribution in [2.45, 2.75) is 13.3 Å². The molecule has 0 aliphatic rings. The molecule has 84 valence electrons. The highest BCUT2D eigenvalue weighted by molar-refractivity contribution is 9.10. The van der Waals surface area contributed by atoms with Gasteiger partial charge >= 0.3 is 0 Å². The second-order valence-corrected chi connectivity index (χ2v) is 4.81. The molecule has 1 aromatic carbocycles. The Bertz CT molecular complexity index is 310. The number of hydrogen-bond donors (Lipinski definition) is 1. The molecule has 15 heavy (non-hydrogen) atoms. The minimum atomic E-state index is 1.01. The fraction of sp³-hybridized carbons (Fsp3) is 0.500. The van der Waals surface area contributed by atoms with Gasteiger partial charge in [0.05, 0.1) is 0 Å². The second-order valence-electron chi connectivity index (χ2n) is 4.02. The van der Waals surface area contributed by atoms with Gasteiger partial charge in [-0.2, -0.15) is 0 Å². The zero-order valence-electron chi connectivity index (χ0n) is 9.68. The first-order valence-corrected chi connectivity index (χ1v) is 6.04. The molecule has 0 saturated heterocycles. The van der Waals surface area contributed by atoms with Crippen molar-refractivity contribution in [3.63, 3.8) is 0 Å². The summed E-state index contributed by atoms with van der Waals surface area (Å²) in [6.07, 6.45) is 1.16. The van der Waals surface area contributed by atoms with E-state index in [0.29, 0.717) is 0 Å². The van der Waals surface area contributed by atoms with Gasteiger partial charge in [-0.1, -0.05) is 12.1 Å². The van der Waals surface area contributed by atoms with Crippen molar-refractivity contribution in [1.82, 2.24) is 4.90 Å². The van der Waals surface area contributed by atoms with Crippen LogP contribution in [0.1, 0.15) is 12.0 Å². The molecule has 1 N–H and O–H groups in total. The molecule has 0 unspecified atom stereocenters. The number of aryl methyl sites for hydroxylation is 1. The van der Waals surface area contributed by atoms with Crippen molar-refractivity contribution in [3.05, 3.63) is 28.2 Å². The number of benzene rings is 1. The van der Waals surface area contributed by atoms with Crippen molar-refractivity contribution < 1.29 is 0 Å². The minimum Gasteiger partial charge on any atom is -0.384 e. The number of hydrogen-bond acceptors (Lipinski definition) is 2. The second kappa shape index (κ2) is 6.13. The van der Waals surface area contributed by atoms with Crippen LogP contribution in [0.2, 0.25) is 0 Å². The molecule has 0 bridgehead atoms. The summed E-state index contributed by atoms with van der Waals surface area (Å²) in [4.78, 5) is 2.20. The molecule has 0 saturated carbocycles. The largest absolute Gasteiger partial charge is 0.384 e. The van der Waals surface area contributed by atoms with Crippen molar-refractivity contribution in [2.24, 2.45) is 0 Å². The maximum atomic E-state index is 3.59. The van der Waals surface area contributed by atoms with Crippen molar-refractivity contribution in [2.75, 3.05) is 32.5 Å². The predicted octanol–water partition coefficient (Wildman–Crippen LogP) is 3.12. The molecule has 0 aromatic heterocycles. The number of anilines is 1. The first-order chi connectivity index (χ1) is 7.11. The highest BCUT2D eigenvalue weighted by Gasteiger charge is 2.00. The molecule has 0 aliphatic carbocycles. The topological polar surface area (TPSA) is 15.3 Å². The van der Waals surface area contributed by atoms with Crippen molar-refractivity contribution in [3.8, 4) is 0 Å². The van der Waals surface area contributed by atoms with Gasteiger partial charge in [-0.15, -0.1) is 0 Å². The van der Waals surface area contributed by atoms with Gasteiger partial charge in [-0.3, -0.25) is 0 Å². The Kier molecular flexibility index (Phi) is 5.12. The Morgan fingerprint density at radius 3 is 2.73 bits per heavy atom. The SMILES string of the molecule is Cc1cccc(NCCCN(C)C)c1Br. The van der Waals surface area contributed by atoms with Crippen LogP contribution in [0, 0.1) is 6.92 Å². The number of rotatable bonds is 5. The molecule has 2 nitrogen and oxygen atoms in total. The fourth-order valence-corrected chi connectivity index (χ4v) is 1.81. The van der Waals surface area contributed by atoms with Crippen LogP contribution < -0.4 is 5.32 Å². The normalized spacial score (nSPS) is 10.7. The number of halogens is 1. The smallest absolute Gasteiger partial charge is 0.0487 e. The van der Waals surface area contributed by atoms with Crippen LogP contribution in [0.15, 0.2) is 22.7 Å². The van der Waals surface area contributed by atoms with E-state index in [0.717, 1.165) is 19.5 Å². The van der Waals surface area contributed by atoms with E-state index in [1.54, 1.807) is 0 Å². The van der Waals surface area contributed by atoms with Crippen LogP contribution in [-0.2, 0) is 0 Å². The number of nitrogens with one attached hydrogen (secondary N) is 1. The van der Waals surface area contributed by atoms with Gasteiger partial charge < -0.3 is 10.2 Å². The Morgan fingerprint density at radius 1 is 1.33 bits per heavy atom. The molecule has 0 amide bonds. The minimum absolute atomic E-state index is 1.01. The lowest BCUT2D eigenvalue weighted by atomic mass is 10.2. The molecule has 0 heterocycles. The first-order valence-electron chi connectivity index (χ1n) is 5.25. The van der Waals surface area contributed by atoms with E-state index < -0.39 is 0 Å². The van der Waals surface area contributed by atoms with Gasteiger partial charge in [0.15, 0.2) is 0 Å². The lowest BCUT2D eigenvalue weighted by Gasteiger charge is -2.12. The Labute approximate surface area is 101 Å². The lowest BCUT2D eigenvalue weighted by molar-refractivity contribution is 0.405. The molecule has 1 aromatic rings. The summed E-state index contributed by atoms with van der Waals surface area (Å²) >= 11 is 3.59. The van der Waals surface area contributed by atoms with Crippen LogP contribution in [0.3, 0.4) is 0 Å². The highest BCUT2D eigenvalue weighted by Crippen LogP contribution is 2.25. The Balaban J connectivity index is 2.41. The Morgan fingerprint density at radius 2 is 2.07 bits per heavy atom. The number of nitrogens with zero attached hydrogens (tertiary/aromatic N) is 1. The third kappa shape index (κ3) is 4.22. The average molecular weight is 271 g/mol. The van der Waals surface area contributed by atoms with E-state index in [-0.39, 0.29) is 0 Å². The predicted molar refractivity (Wildman–Crippen MR) is 70.5 cm³/mol.